The van der Waals surface area contributed by atoms with Crippen LogP contribution in [0, 0.1) is 0 Å². The molecular formula is C53H40N2. The molecule has 0 N–H and O–H groups in total. The van der Waals surface area contributed by atoms with E-state index in [0.717, 1.165) is 34.1 Å². The molecular weight excluding hydrogens is 665 g/mol. The molecule has 1 aliphatic carbocycles. The second-order valence-electron chi connectivity index (χ2n) is 15.0. The minimum atomic E-state index is -0.118. The Balaban J connectivity index is 1.01. The number of fused-ring (bicyclic) bond motifs is 6. The third-order valence-corrected chi connectivity index (χ3v) is 11.4. The molecule has 0 spiro atoms. The summed E-state index contributed by atoms with van der Waals surface area (Å²) in [5.41, 5.74) is 14.5. The molecule has 0 saturated heterocycles. The van der Waals surface area contributed by atoms with Gasteiger partial charge in [-0.1, -0.05) is 153 Å². The minimum absolute atomic E-state index is 0.118. The standard InChI is InChI=1S/C53H40N2/c1-53(2)49-35-28-40-15-10-12-22-47(40)52(49)48-34-33-45(36-50(48)53)54(41-17-5-3-6-18-41)43-29-24-37(25-30-43)38-26-31-44(32-27-38)55(42-19-7-4-8-20-42)51-23-13-16-39-14-9-11-21-46(39)51/h3-36H,1-2H3. The van der Waals surface area contributed by atoms with Gasteiger partial charge in [-0.25, -0.2) is 0 Å². The highest BCUT2D eigenvalue weighted by atomic mass is 15.1. The van der Waals surface area contributed by atoms with Gasteiger partial charge in [-0.2, -0.15) is 0 Å². The van der Waals surface area contributed by atoms with Crippen LogP contribution in [0.4, 0.5) is 34.1 Å². The average molecular weight is 705 g/mol. The van der Waals surface area contributed by atoms with Crippen molar-refractivity contribution >= 4 is 55.7 Å². The molecule has 0 fully saturated rings. The number of hydrogen-bond acceptors (Lipinski definition) is 2. The van der Waals surface area contributed by atoms with Crippen molar-refractivity contribution in [2.75, 3.05) is 9.80 Å². The highest BCUT2D eigenvalue weighted by Crippen LogP contribution is 2.53. The van der Waals surface area contributed by atoms with Crippen LogP contribution in [0.1, 0.15) is 25.0 Å². The fraction of sp³-hybridized carbons (Fsp3) is 0.0566. The van der Waals surface area contributed by atoms with Crippen LogP contribution in [0.3, 0.4) is 0 Å². The van der Waals surface area contributed by atoms with Crippen molar-refractivity contribution in [3.05, 3.63) is 217 Å². The quantitative estimate of drug-likeness (QED) is 0.163. The van der Waals surface area contributed by atoms with Crippen LogP contribution in [-0.2, 0) is 5.41 Å². The molecule has 0 heterocycles. The lowest BCUT2D eigenvalue weighted by Gasteiger charge is -2.28. The Morgan fingerprint density at radius 2 is 0.836 bits per heavy atom. The zero-order valence-electron chi connectivity index (χ0n) is 31.0. The van der Waals surface area contributed by atoms with Crippen LogP contribution < -0.4 is 9.80 Å². The molecule has 0 aromatic heterocycles. The number of nitrogens with zero attached hydrogens (tertiary/aromatic N) is 2. The summed E-state index contributed by atoms with van der Waals surface area (Å²) in [5.74, 6) is 0. The molecule has 0 amide bonds. The molecule has 1 aliphatic rings. The third-order valence-electron chi connectivity index (χ3n) is 11.4. The number of benzene rings is 9. The van der Waals surface area contributed by atoms with Crippen molar-refractivity contribution in [3.8, 4) is 22.3 Å². The molecule has 55 heavy (non-hydrogen) atoms. The largest absolute Gasteiger partial charge is 0.310 e. The molecule has 0 aliphatic heterocycles. The van der Waals surface area contributed by atoms with E-state index in [9.17, 15) is 0 Å². The van der Waals surface area contributed by atoms with Gasteiger partial charge in [-0.05, 0) is 116 Å². The Morgan fingerprint density at radius 1 is 0.345 bits per heavy atom. The van der Waals surface area contributed by atoms with Crippen LogP contribution in [0.15, 0.2) is 206 Å². The smallest absolute Gasteiger partial charge is 0.0540 e. The molecule has 2 nitrogen and oxygen atoms in total. The van der Waals surface area contributed by atoms with Gasteiger partial charge in [-0.3, -0.25) is 0 Å². The first-order valence-corrected chi connectivity index (χ1v) is 19.1. The van der Waals surface area contributed by atoms with Crippen molar-refractivity contribution in [2.45, 2.75) is 19.3 Å². The van der Waals surface area contributed by atoms with Crippen molar-refractivity contribution in [2.24, 2.45) is 0 Å². The Kier molecular flexibility index (Phi) is 7.85. The first-order valence-electron chi connectivity index (χ1n) is 19.1. The first kappa shape index (κ1) is 32.7. The highest BCUT2D eigenvalue weighted by molar-refractivity contribution is 6.03. The molecule has 9 aromatic rings. The number of hydrogen-bond donors (Lipinski definition) is 0. The van der Waals surface area contributed by atoms with Crippen molar-refractivity contribution in [1.29, 1.82) is 0 Å². The van der Waals surface area contributed by atoms with Gasteiger partial charge in [0.1, 0.15) is 0 Å². The van der Waals surface area contributed by atoms with Gasteiger partial charge < -0.3 is 9.80 Å². The van der Waals surface area contributed by atoms with Gasteiger partial charge in [-0.15, -0.1) is 0 Å². The van der Waals surface area contributed by atoms with Gasteiger partial charge in [0, 0.05) is 39.2 Å². The highest BCUT2D eigenvalue weighted by Gasteiger charge is 2.37. The van der Waals surface area contributed by atoms with E-state index in [2.05, 4.69) is 230 Å². The SMILES string of the molecule is CC1(C)c2cc(N(c3ccccc3)c3ccc(-c4ccc(N(c5ccccc5)c5cccc6ccccc56)cc4)cc3)ccc2-c2c1ccc1ccccc21. The van der Waals surface area contributed by atoms with Crippen LogP contribution in [-0.4, -0.2) is 0 Å². The summed E-state index contributed by atoms with van der Waals surface area (Å²) >= 11 is 0. The Bertz CT molecular complexity index is 2820. The summed E-state index contributed by atoms with van der Waals surface area (Å²) < 4.78 is 0. The van der Waals surface area contributed by atoms with E-state index in [-0.39, 0.29) is 5.41 Å². The summed E-state index contributed by atoms with van der Waals surface area (Å²) in [7, 11) is 0. The fourth-order valence-corrected chi connectivity index (χ4v) is 8.67. The first-order chi connectivity index (χ1) is 27.0. The zero-order valence-corrected chi connectivity index (χ0v) is 31.0. The summed E-state index contributed by atoms with van der Waals surface area (Å²) in [4.78, 5) is 4.73. The summed E-state index contributed by atoms with van der Waals surface area (Å²) in [6, 6.07) is 74.9. The van der Waals surface area contributed by atoms with Gasteiger partial charge in [0.05, 0.1) is 5.69 Å². The number of anilines is 6. The third kappa shape index (κ3) is 5.57. The van der Waals surface area contributed by atoms with E-state index >= 15 is 0 Å². The van der Waals surface area contributed by atoms with Gasteiger partial charge in [0.25, 0.3) is 0 Å². The molecule has 2 heteroatoms. The van der Waals surface area contributed by atoms with E-state index in [1.807, 2.05) is 0 Å². The predicted octanol–water partition coefficient (Wildman–Crippen LogP) is 14.9. The molecule has 0 saturated carbocycles. The monoisotopic (exact) mass is 704 g/mol. The Labute approximate surface area is 323 Å². The van der Waals surface area contributed by atoms with Crippen LogP contribution in [0.25, 0.3) is 43.8 Å². The van der Waals surface area contributed by atoms with E-state index in [1.54, 1.807) is 0 Å². The fourth-order valence-electron chi connectivity index (χ4n) is 8.67. The second kappa shape index (κ2) is 13.2. The topological polar surface area (TPSA) is 6.48 Å². The van der Waals surface area contributed by atoms with Crippen molar-refractivity contribution in [1.82, 2.24) is 0 Å². The maximum absolute atomic E-state index is 2.41. The van der Waals surface area contributed by atoms with Crippen molar-refractivity contribution < 1.29 is 0 Å². The maximum Gasteiger partial charge on any atom is 0.0540 e. The molecule has 0 atom stereocenters. The van der Waals surface area contributed by atoms with E-state index in [0.29, 0.717) is 0 Å². The lowest BCUT2D eigenvalue weighted by atomic mass is 9.82. The van der Waals surface area contributed by atoms with Gasteiger partial charge in [0.2, 0.25) is 0 Å². The average Bonchev–Trinajstić information content (AvgIpc) is 3.48. The molecule has 0 bridgehead atoms. The second-order valence-corrected chi connectivity index (χ2v) is 15.0. The summed E-state index contributed by atoms with van der Waals surface area (Å²) in [6.45, 7) is 4.73. The number of para-hydroxylation sites is 2. The van der Waals surface area contributed by atoms with E-state index < -0.39 is 0 Å². The molecule has 9 aromatic carbocycles. The zero-order chi connectivity index (χ0) is 36.9. The summed E-state index contributed by atoms with van der Waals surface area (Å²) in [6.07, 6.45) is 0. The lowest BCUT2D eigenvalue weighted by molar-refractivity contribution is 0.661. The Morgan fingerprint density at radius 3 is 1.49 bits per heavy atom. The van der Waals surface area contributed by atoms with E-state index in [1.165, 1.54) is 54.9 Å². The lowest BCUT2D eigenvalue weighted by Crippen LogP contribution is -2.16. The van der Waals surface area contributed by atoms with Crippen LogP contribution >= 0.6 is 0 Å². The molecule has 10 rings (SSSR count). The number of rotatable bonds is 7. The van der Waals surface area contributed by atoms with Crippen LogP contribution in [0.2, 0.25) is 0 Å². The maximum atomic E-state index is 2.41. The van der Waals surface area contributed by atoms with E-state index in [4.69, 9.17) is 0 Å². The van der Waals surface area contributed by atoms with Gasteiger partial charge in [0.15, 0.2) is 0 Å². The van der Waals surface area contributed by atoms with Crippen molar-refractivity contribution in [3.63, 3.8) is 0 Å². The molecule has 262 valence electrons. The Hall–Kier alpha value is -6.90. The molecule has 0 unspecified atom stereocenters. The van der Waals surface area contributed by atoms with Crippen LogP contribution in [0.5, 0.6) is 0 Å². The molecule has 0 radical (unpaired) electrons. The summed E-state index contributed by atoms with van der Waals surface area (Å²) in [5, 5.41) is 5.06. The minimum Gasteiger partial charge on any atom is -0.310 e. The predicted molar refractivity (Wildman–Crippen MR) is 234 cm³/mol. The normalized spacial score (nSPS) is 12.7. The van der Waals surface area contributed by atoms with Gasteiger partial charge >= 0.3 is 0 Å².